The van der Waals surface area contributed by atoms with E-state index in [2.05, 4.69) is 0 Å². The second-order valence-electron chi connectivity index (χ2n) is 3.32. The van der Waals surface area contributed by atoms with Crippen molar-refractivity contribution < 1.29 is 9.52 Å². The van der Waals surface area contributed by atoms with Gasteiger partial charge in [0, 0.05) is 7.05 Å². The fourth-order valence-corrected chi connectivity index (χ4v) is 1.62. The van der Waals surface area contributed by atoms with Gasteiger partial charge in [-0.15, -0.1) is 11.6 Å². The molecule has 1 aromatic carbocycles. The van der Waals surface area contributed by atoms with Gasteiger partial charge in [-0.05, 0) is 17.7 Å². The number of aliphatic hydroxyl groups is 1. The Bertz CT molecular complexity index is 543. The Hall–Kier alpha value is -1.26. The van der Waals surface area contributed by atoms with E-state index in [9.17, 15) is 9.90 Å². The Morgan fingerprint density at radius 1 is 1.60 bits per heavy atom. The molecule has 1 unspecified atom stereocenters. The zero-order valence-corrected chi connectivity index (χ0v) is 8.86. The van der Waals surface area contributed by atoms with E-state index >= 15 is 0 Å². The molecule has 0 radical (unpaired) electrons. The number of rotatable bonds is 2. The number of alkyl halides is 1. The van der Waals surface area contributed by atoms with Gasteiger partial charge in [-0.3, -0.25) is 4.57 Å². The van der Waals surface area contributed by atoms with Crippen molar-refractivity contribution in [3.63, 3.8) is 0 Å². The first-order valence-corrected chi connectivity index (χ1v) is 5.00. The smallest absolute Gasteiger partial charge is 0.408 e. The van der Waals surface area contributed by atoms with Crippen LogP contribution in [0.4, 0.5) is 0 Å². The number of aryl methyl sites for hydroxylation is 1. The quantitative estimate of drug-likeness (QED) is 0.790. The highest BCUT2D eigenvalue weighted by atomic mass is 35.5. The van der Waals surface area contributed by atoms with Gasteiger partial charge in [0.25, 0.3) is 0 Å². The minimum Gasteiger partial charge on any atom is -0.408 e. The third kappa shape index (κ3) is 1.66. The number of halogens is 1. The Morgan fingerprint density at radius 3 is 3.00 bits per heavy atom. The van der Waals surface area contributed by atoms with Crippen molar-refractivity contribution in [3.05, 3.63) is 34.3 Å². The molecule has 0 saturated heterocycles. The molecular formula is C10H10ClNO3. The summed E-state index contributed by atoms with van der Waals surface area (Å²) in [4.78, 5) is 11.2. The second-order valence-corrected chi connectivity index (χ2v) is 3.63. The van der Waals surface area contributed by atoms with Gasteiger partial charge >= 0.3 is 5.76 Å². The molecule has 1 heterocycles. The summed E-state index contributed by atoms with van der Waals surface area (Å²) in [5.74, 6) is -0.301. The van der Waals surface area contributed by atoms with Crippen LogP contribution >= 0.6 is 11.6 Å². The number of aliphatic hydroxyl groups excluding tert-OH is 1. The van der Waals surface area contributed by atoms with Crippen LogP contribution in [0, 0.1) is 0 Å². The zero-order valence-electron chi connectivity index (χ0n) is 8.11. The molecule has 2 rings (SSSR count). The highest BCUT2D eigenvalue weighted by Crippen LogP contribution is 2.20. The molecule has 1 atom stereocenters. The third-order valence-corrected chi connectivity index (χ3v) is 2.64. The normalized spacial score (nSPS) is 13.3. The van der Waals surface area contributed by atoms with E-state index in [1.807, 2.05) is 0 Å². The lowest BCUT2D eigenvalue weighted by Crippen LogP contribution is -2.08. The van der Waals surface area contributed by atoms with Gasteiger partial charge in [0.1, 0.15) is 0 Å². The minimum atomic E-state index is -0.735. The van der Waals surface area contributed by atoms with Crippen molar-refractivity contribution in [2.24, 2.45) is 7.05 Å². The van der Waals surface area contributed by atoms with Crippen LogP contribution in [-0.4, -0.2) is 15.6 Å². The fourth-order valence-electron chi connectivity index (χ4n) is 1.45. The summed E-state index contributed by atoms with van der Waals surface area (Å²) >= 11 is 5.53. The summed E-state index contributed by atoms with van der Waals surface area (Å²) in [5.41, 5.74) is 1.81. The summed E-state index contributed by atoms with van der Waals surface area (Å²) in [6.07, 6.45) is -0.735. The Kier molecular flexibility index (Phi) is 2.54. The number of hydrogen-bond acceptors (Lipinski definition) is 3. The fraction of sp³-hybridized carbons (Fsp3) is 0.300. The van der Waals surface area contributed by atoms with Crippen LogP contribution in [0.1, 0.15) is 11.7 Å². The van der Waals surface area contributed by atoms with Gasteiger partial charge in [0.2, 0.25) is 0 Å². The lowest BCUT2D eigenvalue weighted by molar-refractivity contribution is 0.202. The van der Waals surface area contributed by atoms with E-state index in [1.165, 1.54) is 4.57 Å². The van der Waals surface area contributed by atoms with Gasteiger partial charge in [-0.1, -0.05) is 6.07 Å². The van der Waals surface area contributed by atoms with E-state index in [0.717, 1.165) is 0 Å². The molecule has 0 aliphatic rings. The molecule has 0 saturated carbocycles. The van der Waals surface area contributed by atoms with Crippen molar-refractivity contribution in [1.29, 1.82) is 0 Å². The summed E-state index contributed by atoms with van der Waals surface area (Å²) < 4.78 is 6.40. The maximum Gasteiger partial charge on any atom is 0.419 e. The number of benzene rings is 1. The standard InChI is InChI=1S/C10H10ClNO3/c1-12-7-3-2-6(8(13)5-11)4-9(7)15-10(12)14/h2-4,8,13H,5H2,1H3. The average Bonchev–Trinajstić information content (AvgIpc) is 2.53. The molecule has 4 nitrogen and oxygen atoms in total. The molecular weight excluding hydrogens is 218 g/mol. The SMILES string of the molecule is Cn1c(=O)oc2cc(C(O)CCl)ccc21. The number of hydrogen-bond donors (Lipinski definition) is 1. The molecule has 0 bridgehead atoms. The summed E-state index contributed by atoms with van der Waals surface area (Å²) in [6, 6.07) is 5.08. The maximum atomic E-state index is 11.2. The monoisotopic (exact) mass is 227 g/mol. The highest BCUT2D eigenvalue weighted by Gasteiger charge is 2.10. The molecule has 0 aliphatic heterocycles. The van der Waals surface area contributed by atoms with Gasteiger partial charge in [-0.2, -0.15) is 0 Å². The molecule has 0 fully saturated rings. The van der Waals surface area contributed by atoms with E-state index in [-0.39, 0.29) is 5.88 Å². The van der Waals surface area contributed by atoms with Crippen molar-refractivity contribution in [2.45, 2.75) is 6.10 Å². The molecule has 15 heavy (non-hydrogen) atoms. The predicted octanol–water partition coefficient (Wildman–Crippen LogP) is 1.40. The van der Waals surface area contributed by atoms with Crippen molar-refractivity contribution >= 4 is 22.7 Å². The van der Waals surface area contributed by atoms with E-state index in [1.54, 1.807) is 25.2 Å². The van der Waals surface area contributed by atoms with Crippen LogP contribution in [-0.2, 0) is 7.05 Å². The molecule has 0 spiro atoms. The molecule has 5 heteroatoms. The second kappa shape index (κ2) is 3.72. The third-order valence-electron chi connectivity index (χ3n) is 2.35. The molecule has 1 N–H and O–H groups in total. The van der Waals surface area contributed by atoms with E-state index in [0.29, 0.717) is 16.7 Å². The van der Waals surface area contributed by atoms with Crippen molar-refractivity contribution in [3.8, 4) is 0 Å². The summed E-state index contributed by atoms with van der Waals surface area (Å²) in [6.45, 7) is 0. The minimum absolute atomic E-state index is 0.114. The number of fused-ring (bicyclic) bond motifs is 1. The molecule has 0 amide bonds. The van der Waals surface area contributed by atoms with Crippen LogP contribution in [0.25, 0.3) is 11.1 Å². The van der Waals surface area contributed by atoms with E-state index in [4.69, 9.17) is 16.0 Å². The van der Waals surface area contributed by atoms with Crippen LogP contribution < -0.4 is 5.76 Å². The highest BCUT2D eigenvalue weighted by molar-refractivity contribution is 6.18. The number of nitrogens with zero attached hydrogens (tertiary/aromatic N) is 1. The Balaban J connectivity index is 2.62. The Morgan fingerprint density at radius 2 is 2.33 bits per heavy atom. The van der Waals surface area contributed by atoms with Crippen LogP contribution in [0.5, 0.6) is 0 Å². The van der Waals surface area contributed by atoms with Gasteiger partial charge in [0.05, 0.1) is 17.5 Å². The maximum absolute atomic E-state index is 11.2. The van der Waals surface area contributed by atoms with Gasteiger partial charge < -0.3 is 9.52 Å². The van der Waals surface area contributed by atoms with E-state index < -0.39 is 11.9 Å². The predicted molar refractivity (Wildman–Crippen MR) is 57.1 cm³/mol. The first-order chi connectivity index (χ1) is 7.13. The molecule has 80 valence electrons. The lowest BCUT2D eigenvalue weighted by Gasteiger charge is -2.05. The van der Waals surface area contributed by atoms with Crippen LogP contribution in [0.3, 0.4) is 0 Å². The summed E-state index contributed by atoms with van der Waals surface area (Å²) in [7, 11) is 1.63. The van der Waals surface area contributed by atoms with Crippen LogP contribution in [0.2, 0.25) is 0 Å². The lowest BCUT2D eigenvalue weighted by atomic mass is 10.1. The molecule has 0 aliphatic carbocycles. The molecule has 1 aromatic heterocycles. The number of oxazole rings is 1. The largest absolute Gasteiger partial charge is 0.419 e. The first kappa shape index (κ1) is 10.3. The molecule has 2 aromatic rings. The topological polar surface area (TPSA) is 55.4 Å². The first-order valence-electron chi connectivity index (χ1n) is 4.47. The van der Waals surface area contributed by atoms with Crippen molar-refractivity contribution in [2.75, 3.05) is 5.88 Å². The average molecular weight is 228 g/mol. The summed E-state index contributed by atoms with van der Waals surface area (Å²) in [5, 5.41) is 9.51. The van der Waals surface area contributed by atoms with Gasteiger partial charge in [-0.25, -0.2) is 4.79 Å². The zero-order chi connectivity index (χ0) is 11.0. The van der Waals surface area contributed by atoms with Gasteiger partial charge in [0.15, 0.2) is 5.58 Å². The van der Waals surface area contributed by atoms with Crippen molar-refractivity contribution in [1.82, 2.24) is 4.57 Å². The number of aromatic nitrogens is 1. The van der Waals surface area contributed by atoms with Crippen LogP contribution in [0.15, 0.2) is 27.4 Å². The Labute approximate surface area is 90.7 Å².